The maximum atomic E-state index is 12.9. The van der Waals surface area contributed by atoms with E-state index >= 15 is 0 Å². The van der Waals surface area contributed by atoms with Crippen LogP contribution in [0.15, 0.2) is 29.3 Å². The molecule has 23 heavy (non-hydrogen) atoms. The Bertz CT molecular complexity index is 807. The number of halogens is 3. The third-order valence-electron chi connectivity index (χ3n) is 4.06. The van der Waals surface area contributed by atoms with Gasteiger partial charge in [-0.2, -0.15) is 18.4 Å². The van der Waals surface area contributed by atoms with Gasteiger partial charge in [-0.05, 0) is 48.9 Å². The van der Waals surface area contributed by atoms with E-state index in [2.05, 4.69) is 11.1 Å². The SMILES string of the molecule is N#Cc1c([S-])nc(-c2cccc(C(F)(F)F)c2)c2c1CCCC2. The van der Waals surface area contributed by atoms with E-state index in [4.69, 9.17) is 12.6 Å². The molecule has 1 aliphatic rings. The van der Waals surface area contributed by atoms with Gasteiger partial charge in [-0.25, -0.2) is 0 Å². The molecule has 1 aromatic heterocycles. The van der Waals surface area contributed by atoms with Crippen molar-refractivity contribution in [2.45, 2.75) is 36.9 Å². The first-order chi connectivity index (χ1) is 10.9. The highest BCUT2D eigenvalue weighted by atomic mass is 32.1. The fourth-order valence-electron chi connectivity index (χ4n) is 2.99. The summed E-state index contributed by atoms with van der Waals surface area (Å²) in [5.74, 6) is 0. The summed E-state index contributed by atoms with van der Waals surface area (Å²) in [6.07, 6.45) is -1.10. The Morgan fingerprint density at radius 2 is 1.83 bits per heavy atom. The summed E-state index contributed by atoms with van der Waals surface area (Å²) in [6.45, 7) is 0. The lowest BCUT2D eigenvalue weighted by molar-refractivity contribution is -0.137. The molecule has 0 saturated heterocycles. The van der Waals surface area contributed by atoms with E-state index in [1.54, 1.807) is 6.07 Å². The first kappa shape index (κ1) is 15.8. The summed E-state index contributed by atoms with van der Waals surface area (Å²) in [5, 5.41) is 9.45. The van der Waals surface area contributed by atoms with Crippen molar-refractivity contribution in [1.82, 2.24) is 4.98 Å². The number of hydrogen-bond acceptors (Lipinski definition) is 3. The van der Waals surface area contributed by atoms with E-state index in [1.165, 1.54) is 6.07 Å². The van der Waals surface area contributed by atoms with Crippen molar-refractivity contribution in [2.24, 2.45) is 0 Å². The number of rotatable bonds is 1. The lowest BCUT2D eigenvalue weighted by atomic mass is 9.86. The van der Waals surface area contributed by atoms with Crippen molar-refractivity contribution >= 4 is 12.6 Å². The van der Waals surface area contributed by atoms with Crippen molar-refractivity contribution in [3.63, 3.8) is 0 Å². The number of nitriles is 1. The minimum absolute atomic E-state index is 0.167. The van der Waals surface area contributed by atoms with Crippen LogP contribution in [0.2, 0.25) is 0 Å². The number of hydrogen-bond donors (Lipinski definition) is 0. The molecule has 3 rings (SSSR count). The maximum absolute atomic E-state index is 12.9. The minimum atomic E-state index is -4.40. The molecule has 1 aliphatic carbocycles. The van der Waals surface area contributed by atoms with Crippen LogP contribution < -0.4 is 0 Å². The monoisotopic (exact) mass is 333 g/mol. The largest absolute Gasteiger partial charge is 0.759 e. The van der Waals surface area contributed by atoms with E-state index in [1.807, 2.05) is 0 Å². The molecule has 0 saturated carbocycles. The number of pyridine rings is 1. The molecule has 2 nitrogen and oxygen atoms in total. The van der Waals surface area contributed by atoms with Gasteiger partial charge >= 0.3 is 6.18 Å². The molecule has 0 amide bonds. The van der Waals surface area contributed by atoms with Gasteiger partial charge in [-0.1, -0.05) is 17.2 Å². The van der Waals surface area contributed by atoms with Crippen LogP contribution in [0.4, 0.5) is 13.2 Å². The molecule has 0 N–H and O–H groups in total. The first-order valence-electron chi connectivity index (χ1n) is 7.22. The topological polar surface area (TPSA) is 36.7 Å². The average Bonchev–Trinajstić information content (AvgIpc) is 2.53. The highest BCUT2D eigenvalue weighted by Gasteiger charge is 2.31. The quantitative estimate of drug-likeness (QED) is 0.725. The van der Waals surface area contributed by atoms with Gasteiger partial charge in [0.05, 0.1) is 22.9 Å². The highest BCUT2D eigenvalue weighted by molar-refractivity contribution is 7.58. The summed E-state index contributed by atoms with van der Waals surface area (Å²) in [4.78, 5) is 4.28. The Morgan fingerprint density at radius 1 is 1.13 bits per heavy atom. The molecule has 0 atom stereocenters. The summed E-state index contributed by atoms with van der Waals surface area (Å²) >= 11 is 5.17. The van der Waals surface area contributed by atoms with Crippen molar-refractivity contribution in [3.05, 3.63) is 46.5 Å². The first-order valence-corrected chi connectivity index (χ1v) is 7.63. The second-order valence-corrected chi connectivity index (χ2v) is 5.88. The molecule has 118 valence electrons. The molecule has 6 heteroatoms. The number of benzene rings is 1. The summed E-state index contributed by atoms with van der Waals surface area (Å²) < 4.78 is 38.8. The lowest BCUT2D eigenvalue weighted by Crippen LogP contribution is -2.11. The van der Waals surface area contributed by atoms with Gasteiger partial charge in [-0.3, -0.25) is 4.98 Å². The molecule has 0 spiro atoms. The van der Waals surface area contributed by atoms with Crippen LogP contribution >= 0.6 is 0 Å². The summed E-state index contributed by atoms with van der Waals surface area (Å²) in [7, 11) is 0. The van der Waals surface area contributed by atoms with Gasteiger partial charge in [0.2, 0.25) is 0 Å². The van der Waals surface area contributed by atoms with Crippen LogP contribution in [-0.2, 0) is 31.6 Å². The maximum Gasteiger partial charge on any atom is 0.416 e. The van der Waals surface area contributed by atoms with Crippen molar-refractivity contribution in [1.29, 1.82) is 5.26 Å². The molecular formula is C17H12F3N2S-. The Labute approximate surface area is 137 Å². The van der Waals surface area contributed by atoms with Crippen LogP contribution in [-0.4, -0.2) is 4.98 Å². The number of alkyl halides is 3. The Hall–Kier alpha value is -2.13. The summed E-state index contributed by atoms with van der Waals surface area (Å²) in [5.41, 5.74) is 2.28. The number of aromatic nitrogens is 1. The predicted octanol–water partition coefficient (Wildman–Crippen LogP) is 4.42. The fraction of sp³-hybridized carbons (Fsp3) is 0.294. The predicted molar refractivity (Wildman–Crippen MR) is 81.7 cm³/mol. The molecular weight excluding hydrogens is 321 g/mol. The second-order valence-electron chi connectivity index (χ2n) is 5.50. The van der Waals surface area contributed by atoms with Gasteiger partial charge < -0.3 is 12.6 Å². The summed E-state index contributed by atoms with van der Waals surface area (Å²) in [6, 6.07) is 7.20. The third kappa shape index (κ3) is 2.89. The Balaban J connectivity index is 2.22. The third-order valence-corrected chi connectivity index (χ3v) is 4.35. The standard InChI is InChI=1S/C17H13F3N2S/c18-17(19,20)11-5-3-4-10(8-11)15-13-7-2-1-6-12(13)14(9-21)16(23)22-15/h3-5,8H,1-2,6-7H2,(H,22,23)/p-1. The van der Waals surface area contributed by atoms with Crippen molar-refractivity contribution in [2.75, 3.05) is 0 Å². The number of fused-ring (bicyclic) bond motifs is 1. The van der Waals surface area contributed by atoms with Crippen molar-refractivity contribution in [3.8, 4) is 17.3 Å². The van der Waals surface area contributed by atoms with Gasteiger partial charge in [0.1, 0.15) is 0 Å². The van der Waals surface area contributed by atoms with Crippen LogP contribution in [0.5, 0.6) is 0 Å². The molecule has 0 bridgehead atoms. The lowest BCUT2D eigenvalue weighted by Gasteiger charge is -2.24. The molecule has 1 aromatic carbocycles. The smallest absolute Gasteiger partial charge is 0.416 e. The average molecular weight is 333 g/mol. The van der Waals surface area contributed by atoms with Gasteiger partial charge in [0.15, 0.2) is 0 Å². The Kier molecular flexibility index (Phi) is 3.99. The van der Waals surface area contributed by atoms with E-state index in [-0.39, 0.29) is 5.03 Å². The molecule has 0 radical (unpaired) electrons. The highest BCUT2D eigenvalue weighted by Crippen LogP contribution is 2.36. The fourth-order valence-corrected chi connectivity index (χ4v) is 3.25. The molecule has 1 heterocycles. The molecule has 0 fully saturated rings. The van der Waals surface area contributed by atoms with Crippen LogP contribution in [0.3, 0.4) is 0 Å². The van der Waals surface area contributed by atoms with Gasteiger partial charge in [0.25, 0.3) is 0 Å². The van der Waals surface area contributed by atoms with Crippen molar-refractivity contribution < 1.29 is 13.2 Å². The molecule has 0 aliphatic heterocycles. The molecule has 2 aromatic rings. The van der Waals surface area contributed by atoms with E-state index in [0.717, 1.165) is 42.5 Å². The van der Waals surface area contributed by atoms with E-state index < -0.39 is 11.7 Å². The normalized spacial score (nSPS) is 14.2. The van der Waals surface area contributed by atoms with E-state index in [9.17, 15) is 18.4 Å². The van der Waals surface area contributed by atoms with Crippen LogP contribution in [0.1, 0.15) is 35.1 Å². The second kappa shape index (κ2) is 5.82. The minimum Gasteiger partial charge on any atom is -0.759 e. The molecule has 0 unspecified atom stereocenters. The zero-order chi connectivity index (χ0) is 16.6. The van der Waals surface area contributed by atoms with Gasteiger partial charge in [-0.15, -0.1) is 0 Å². The Morgan fingerprint density at radius 3 is 2.48 bits per heavy atom. The number of nitrogens with zero attached hydrogens (tertiary/aromatic N) is 2. The zero-order valence-corrected chi connectivity index (χ0v) is 12.9. The van der Waals surface area contributed by atoms with Crippen LogP contribution in [0, 0.1) is 11.3 Å². The van der Waals surface area contributed by atoms with Gasteiger partial charge in [0, 0.05) is 5.56 Å². The van der Waals surface area contributed by atoms with Crippen LogP contribution in [0.25, 0.3) is 11.3 Å². The zero-order valence-electron chi connectivity index (χ0n) is 12.1. The van der Waals surface area contributed by atoms with E-state index in [0.29, 0.717) is 23.2 Å².